The number of aromatic nitrogens is 1. The Balaban J connectivity index is 2.66. The molecule has 0 saturated carbocycles. The Labute approximate surface area is 92.4 Å². The summed E-state index contributed by atoms with van der Waals surface area (Å²) in [5.41, 5.74) is 7.36. The fourth-order valence-corrected chi connectivity index (χ4v) is 1.57. The molecule has 80 valence electrons. The lowest BCUT2D eigenvalue weighted by Gasteiger charge is -2.07. The zero-order valence-electron chi connectivity index (χ0n) is 8.42. The number of nitrogen functional groups attached to an aromatic ring is 1. The van der Waals surface area contributed by atoms with Crippen LogP contribution in [0.3, 0.4) is 0 Å². The summed E-state index contributed by atoms with van der Waals surface area (Å²) in [5, 5.41) is 9.11. The van der Waals surface area contributed by atoms with Crippen LogP contribution >= 0.6 is 0 Å². The predicted molar refractivity (Wildman–Crippen MR) is 61.0 cm³/mol. The third kappa shape index (κ3) is 1.72. The van der Waals surface area contributed by atoms with E-state index in [2.05, 4.69) is 4.98 Å². The Hall–Kier alpha value is -2.36. The van der Waals surface area contributed by atoms with Gasteiger partial charge in [0.25, 0.3) is 0 Å². The molecule has 4 nitrogen and oxygen atoms in total. The molecule has 4 heteroatoms. The zero-order chi connectivity index (χ0) is 11.5. The average molecular weight is 214 g/mol. The number of nitrogens with zero attached hydrogens (tertiary/aromatic N) is 1. The predicted octanol–water partition coefficient (Wildman–Crippen LogP) is 2.03. The molecule has 0 unspecified atom stereocenters. The van der Waals surface area contributed by atoms with Crippen molar-refractivity contribution in [1.82, 2.24) is 4.98 Å². The van der Waals surface area contributed by atoms with Gasteiger partial charge in [0, 0.05) is 23.6 Å². The number of pyridine rings is 1. The lowest BCUT2D eigenvalue weighted by Crippen LogP contribution is -2.04. The molecular weight excluding hydrogens is 204 g/mol. The van der Waals surface area contributed by atoms with E-state index >= 15 is 0 Å². The maximum Gasteiger partial charge on any atom is 0.338 e. The van der Waals surface area contributed by atoms with Crippen molar-refractivity contribution >= 4 is 11.7 Å². The first kappa shape index (κ1) is 10.2. The normalized spacial score (nSPS) is 10.0. The number of carboxylic acids is 1. The molecule has 0 aliphatic heterocycles. The van der Waals surface area contributed by atoms with E-state index in [-0.39, 0.29) is 11.3 Å². The first-order chi connectivity index (χ1) is 7.70. The van der Waals surface area contributed by atoms with Crippen molar-refractivity contribution < 1.29 is 9.90 Å². The molecule has 16 heavy (non-hydrogen) atoms. The van der Waals surface area contributed by atoms with Crippen molar-refractivity contribution in [2.75, 3.05) is 5.73 Å². The van der Waals surface area contributed by atoms with Crippen molar-refractivity contribution in [3.63, 3.8) is 0 Å². The minimum Gasteiger partial charge on any atom is -0.478 e. The van der Waals surface area contributed by atoms with E-state index in [0.717, 1.165) is 5.56 Å². The highest BCUT2D eigenvalue weighted by atomic mass is 16.4. The van der Waals surface area contributed by atoms with Gasteiger partial charge >= 0.3 is 5.97 Å². The maximum atomic E-state index is 11.1. The van der Waals surface area contributed by atoms with Crippen LogP contribution in [0.1, 0.15) is 10.4 Å². The smallest absolute Gasteiger partial charge is 0.338 e. The van der Waals surface area contributed by atoms with E-state index in [1.807, 2.05) is 0 Å². The topological polar surface area (TPSA) is 76.2 Å². The van der Waals surface area contributed by atoms with Crippen LogP contribution in [0.5, 0.6) is 0 Å². The molecule has 0 spiro atoms. The Morgan fingerprint density at radius 3 is 2.69 bits per heavy atom. The summed E-state index contributed by atoms with van der Waals surface area (Å²) in [6.07, 6.45) is 3.25. The van der Waals surface area contributed by atoms with Crippen molar-refractivity contribution in [2.24, 2.45) is 0 Å². The molecule has 0 aliphatic carbocycles. The average Bonchev–Trinajstić information content (AvgIpc) is 2.29. The third-order valence-electron chi connectivity index (χ3n) is 2.28. The summed E-state index contributed by atoms with van der Waals surface area (Å²) in [6.45, 7) is 0. The lowest BCUT2D eigenvalue weighted by atomic mass is 10.00. The molecule has 3 N–H and O–H groups in total. The summed E-state index contributed by atoms with van der Waals surface area (Å²) in [4.78, 5) is 15.1. The molecular formula is C12H10N2O2. The van der Waals surface area contributed by atoms with Gasteiger partial charge in [0.05, 0.1) is 5.56 Å². The van der Waals surface area contributed by atoms with Crippen molar-refractivity contribution in [2.45, 2.75) is 0 Å². The Kier molecular flexibility index (Phi) is 2.55. The summed E-state index contributed by atoms with van der Waals surface area (Å²) in [7, 11) is 0. The number of hydrogen-bond acceptors (Lipinski definition) is 3. The van der Waals surface area contributed by atoms with Gasteiger partial charge in [-0.2, -0.15) is 0 Å². The maximum absolute atomic E-state index is 11.1. The molecule has 2 aromatic rings. The third-order valence-corrected chi connectivity index (χ3v) is 2.28. The van der Waals surface area contributed by atoms with Gasteiger partial charge in [0.2, 0.25) is 0 Å². The van der Waals surface area contributed by atoms with Gasteiger partial charge in [-0.15, -0.1) is 0 Å². The van der Waals surface area contributed by atoms with E-state index in [4.69, 9.17) is 10.8 Å². The molecule has 0 atom stereocenters. The molecule has 0 bridgehead atoms. The van der Waals surface area contributed by atoms with Crippen LogP contribution in [0, 0.1) is 0 Å². The Morgan fingerprint density at radius 2 is 2.06 bits per heavy atom. The highest BCUT2D eigenvalue weighted by molar-refractivity contribution is 6.01. The molecule has 0 fully saturated rings. The van der Waals surface area contributed by atoms with Crippen LogP contribution in [-0.4, -0.2) is 16.1 Å². The second-order valence-electron chi connectivity index (χ2n) is 3.32. The minimum atomic E-state index is -1.03. The van der Waals surface area contributed by atoms with Gasteiger partial charge < -0.3 is 10.8 Å². The van der Waals surface area contributed by atoms with E-state index in [0.29, 0.717) is 5.56 Å². The van der Waals surface area contributed by atoms with Gasteiger partial charge in [0.1, 0.15) is 0 Å². The van der Waals surface area contributed by atoms with Crippen molar-refractivity contribution in [1.29, 1.82) is 0 Å². The Morgan fingerprint density at radius 1 is 1.25 bits per heavy atom. The molecule has 0 aliphatic rings. The number of nitrogens with two attached hydrogens (primary N) is 1. The molecule has 0 amide bonds. The fraction of sp³-hybridized carbons (Fsp3) is 0. The number of benzene rings is 1. The van der Waals surface area contributed by atoms with Gasteiger partial charge in [-0.05, 0) is 17.7 Å². The van der Waals surface area contributed by atoms with Crippen molar-refractivity contribution in [3.05, 3.63) is 48.3 Å². The minimum absolute atomic E-state index is 0.121. The number of carboxylic acid groups (broad SMARTS) is 1. The first-order valence-corrected chi connectivity index (χ1v) is 4.72. The van der Waals surface area contributed by atoms with Gasteiger partial charge in [0.15, 0.2) is 0 Å². The summed E-state index contributed by atoms with van der Waals surface area (Å²) < 4.78 is 0. The highest BCUT2D eigenvalue weighted by Crippen LogP contribution is 2.26. The number of hydrogen-bond donors (Lipinski definition) is 2. The number of aromatic carboxylic acids is 1. The van der Waals surface area contributed by atoms with E-state index in [1.54, 1.807) is 42.7 Å². The highest BCUT2D eigenvalue weighted by Gasteiger charge is 2.14. The molecule has 2 rings (SSSR count). The summed E-state index contributed by atoms with van der Waals surface area (Å²) in [5.74, 6) is -1.03. The monoisotopic (exact) mass is 214 g/mol. The lowest BCUT2D eigenvalue weighted by molar-refractivity contribution is 0.0699. The molecule has 0 saturated heterocycles. The standard InChI is InChI=1S/C12H10N2O2/c13-10-5-1-4-9(11(10)12(15)16)8-3-2-6-14-7-8/h1-7H,13H2,(H,15,16). The largest absolute Gasteiger partial charge is 0.478 e. The SMILES string of the molecule is Nc1cccc(-c2cccnc2)c1C(=O)O. The molecule has 1 aromatic carbocycles. The number of anilines is 1. The second kappa shape index (κ2) is 4.02. The molecule has 1 heterocycles. The van der Waals surface area contributed by atoms with Crippen LogP contribution in [0.25, 0.3) is 11.1 Å². The summed E-state index contributed by atoms with van der Waals surface area (Å²) in [6, 6.07) is 8.57. The first-order valence-electron chi connectivity index (χ1n) is 4.72. The zero-order valence-corrected chi connectivity index (χ0v) is 8.42. The van der Waals surface area contributed by atoms with Crippen LogP contribution < -0.4 is 5.73 Å². The van der Waals surface area contributed by atoms with Crippen LogP contribution in [0.2, 0.25) is 0 Å². The Bertz CT molecular complexity index is 524. The molecule has 1 aromatic heterocycles. The number of rotatable bonds is 2. The van der Waals surface area contributed by atoms with Crippen LogP contribution in [0.4, 0.5) is 5.69 Å². The molecule has 0 radical (unpaired) electrons. The summed E-state index contributed by atoms with van der Waals surface area (Å²) >= 11 is 0. The van der Waals surface area contributed by atoms with Crippen LogP contribution in [0.15, 0.2) is 42.7 Å². The van der Waals surface area contributed by atoms with E-state index in [1.165, 1.54) is 0 Å². The van der Waals surface area contributed by atoms with Gasteiger partial charge in [-0.3, -0.25) is 4.98 Å². The number of carbonyl (C=O) groups is 1. The second-order valence-corrected chi connectivity index (χ2v) is 3.32. The fourth-order valence-electron chi connectivity index (χ4n) is 1.57. The van der Waals surface area contributed by atoms with Crippen molar-refractivity contribution in [3.8, 4) is 11.1 Å². The van der Waals surface area contributed by atoms with Crippen LogP contribution in [-0.2, 0) is 0 Å². The van der Waals surface area contributed by atoms with E-state index < -0.39 is 5.97 Å². The van der Waals surface area contributed by atoms with Gasteiger partial charge in [-0.1, -0.05) is 18.2 Å². The quantitative estimate of drug-likeness (QED) is 0.750. The van der Waals surface area contributed by atoms with E-state index in [9.17, 15) is 4.79 Å². The van der Waals surface area contributed by atoms with Gasteiger partial charge in [-0.25, -0.2) is 4.79 Å².